The maximum absolute atomic E-state index is 12.4. The second-order valence-electron chi connectivity index (χ2n) is 4.48. The summed E-state index contributed by atoms with van der Waals surface area (Å²) < 4.78 is 0. The van der Waals surface area contributed by atoms with Gasteiger partial charge in [0, 0.05) is 25.3 Å². The third kappa shape index (κ3) is 2.61. The summed E-state index contributed by atoms with van der Waals surface area (Å²) in [5, 5.41) is 13.0. The van der Waals surface area contributed by atoms with Crippen molar-refractivity contribution in [3.8, 4) is 5.75 Å². The molecule has 1 aliphatic heterocycles. The van der Waals surface area contributed by atoms with E-state index in [4.69, 9.17) is 0 Å². The van der Waals surface area contributed by atoms with E-state index in [9.17, 15) is 9.90 Å². The molecule has 5 heteroatoms. The van der Waals surface area contributed by atoms with Crippen LogP contribution in [0.5, 0.6) is 5.75 Å². The van der Waals surface area contributed by atoms with Crippen LogP contribution in [0.15, 0.2) is 18.5 Å². The van der Waals surface area contributed by atoms with Crippen LogP contribution in [0.25, 0.3) is 0 Å². The normalized spacial score (nSPS) is 19.5. The van der Waals surface area contributed by atoms with Crippen molar-refractivity contribution in [3.05, 3.63) is 24.0 Å². The van der Waals surface area contributed by atoms with Gasteiger partial charge in [-0.05, 0) is 32.4 Å². The van der Waals surface area contributed by atoms with Gasteiger partial charge >= 0.3 is 0 Å². The van der Waals surface area contributed by atoms with Crippen LogP contribution in [-0.4, -0.2) is 46.6 Å². The fourth-order valence-electron chi connectivity index (χ4n) is 2.39. The zero-order valence-electron chi connectivity index (χ0n) is 10.6. The van der Waals surface area contributed by atoms with Gasteiger partial charge in [-0.3, -0.25) is 9.78 Å². The molecular weight excluding hydrogens is 230 g/mol. The second kappa shape index (κ2) is 5.82. The summed E-state index contributed by atoms with van der Waals surface area (Å²) in [6.07, 6.45) is 4.93. The molecule has 2 heterocycles. The molecule has 2 N–H and O–H groups in total. The molecular formula is C13H19N3O2. The lowest BCUT2D eigenvalue weighted by Crippen LogP contribution is -2.48. The molecule has 98 valence electrons. The summed E-state index contributed by atoms with van der Waals surface area (Å²) in [7, 11) is 0. The van der Waals surface area contributed by atoms with Gasteiger partial charge in [-0.1, -0.05) is 0 Å². The van der Waals surface area contributed by atoms with Gasteiger partial charge in [0.25, 0.3) is 5.91 Å². The van der Waals surface area contributed by atoms with E-state index < -0.39 is 0 Å². The van der Waals surface area contributed by atoms with Crippen molar-refractivity contribution in [1.29, 1.82) is 0 Å². The molecule has 1 aromatic rings. The Bertz CT molecular complexity index is 416. The Morgan fingerprint density at radius 3 is 3.11 bits per heavy atom. The first kappa shape index (κ1) is 12.8. The van der Waals surface area contributed by atoms with Gasteiger partial charge in [-0.15, -0.1) is 0 Å². The highest BCUT2D eigenvalue weighted by atomic mass is 16.3. The number of piperidine rings is 1. The first-order valence-corrected chi connectivity index (χ1v) is 6.38. The van der Waals surface area contributed by atoms with Crippen molar-refractivity contribution in [3.63, 3.8) is 0 Å². The quantitative estimate of drug-likeness (QED) is 0.839. The number of hydrogen-bond acceptors (Lipinski definition) is 4. The van der Waals surface area contributed by atoms with E-state index in [1.54, 1.807) is 6.07 Å². The number of aromatic nitrogens is 1. The number of pyridine rings is 1. The predicted molar refractivity (Wildman–Crippen MR) is 68.5 cm³/mol. The lowest BCUT2D eigenvalue weighted by Gasteiger charge is -2.34. The zero-order valence-corrected chi connectivity index (χ0v) is 10.6. The van der Waals surface area contributed by atoms with E-state index in [-0.39, 0.29) is 17.7 Å². The van der Waals surface area contributed by atoms with Gasteiger partial charge in [-0.25, -0.2) is 0 Å². The van der Waals surface area contributed by atoms with E-state index in [0.717, 1.165) is 25.9 Å². The molecule has 1 aliphatic rings. The smallest absolute Gasteiger partial charge is 0.258 e. The van der Waals surface area contributed by atoms with Crippen LogP contribution in [0, 0.1) is 0 Å². The van der Waals surface area contributed by atoms with E-state index in [2.05, 4.69) is 10.3 Å². The van der Waals surface area contributed by atoms with Gasteiger partial charge < -0.3 is 15.3 Å². The highest BCUT2D eigenvalue weighted by Gasteiger charge is 2.26. The van der Waals surface area contributed by atoms with Crippen LogP contribution < -0.4 is 5.32 Å². The molecule has 18 heavy (non-hydrogen) atoms. The van der Waals surface area contributed by atoms with E-state index in [1.165, 1.54) is 12.4 Å². The molecule has 0 aromatic carbocycles. The summed E-state index contributed by atoms with van der Waals surface area (Å²) in [5.74, 6) is -0.171. The zero-order chi connectivity index (χ0) is 13.0. The Hall–Kier alpha value is -1.62. The third-order valence-corrected chi connectivity index (χ3v) is 3.34. The maximum Gasteiger partial charge on any atom is 0.258 e. The molecule has 0 spiro atoms. The molecule has 1 amide bonds. The minimum atomic E-state index is -0.119. The number of aromatic hydroxyl groups is 1. The Kier molecular flexibility index (Phi) is 4.15. The van der Waals surface area contributed by atoms with E-state index in [0.29, 0.717) is 12.1 Å². The average molecular weight is 249 g/mol. The van der Waals surface area contributed by atoms with Crippen molar-refractivity contribution in [2.45, 2.75) is 25.8 Å². The molecule has 5 nitrogen and oxygen atoms in total. The van der Waals surface area contributed by atoms with Crippen LogP contribution in [-0.2, 0) is 0 Å². The second-order valence-corrected chi connectivity index (χ2v) is 4.48. The van der Waals surface area contributed by atoms with Gasteiger partial charge in [0.1, 0.15) is 5.75 Å². The van der Waals surface area contributed by atoms with Crippen molar-refractivity contribution < 1.29 is 9.90 Å². The van der Waals surface area contributed by atoms with Crippen LogP contribution in [0.2, 0.25) is 0 Å². The molecule has 1 aromatic heterocycles. The fraction of sp³-hybridized carbons (Fsp3) is 0.538. The molecule has 1 saturated heterocycles. The van der Waals surface area contributed by atoms with Crippen LogP contribution in [0.4, 0.5) is 0 Å². The maximum atomic E-state index is 12.4. The minimum absolute atomic E-state index is 0.0512. The largest absolute Gasteiger partial charge is 0.505 e. The van der Waals surface area contributed by atoms with Crippen LogP contribution in [0.3, 0.4) is 0 Å². The number of amides is 1. The van der Waals surface area contributed by atoms with Crippen molar-refractivity contribution in [2.75, 3.05) is 19.6 Å². The molecule has 1 fully saturated rings. The summed E-state index contributed by atoms with van der Waals surface area (Å²) in [5.41, 5.74) is 0.331. The number of carbonyl (C=O) groups excluding carboxylic acids is 1. The number of likely N-dealkylation sites (N-methyl/N-ethyl adjacent to an activating group) is 1. The fourth-order valence-corrected chi connectivity index (χ4v) is 2.39. The molecule has 1 unspecified atom stereocenters. The summed E-state index contributed by atoms with van der Waals surface area (Å²) >= 11 is 0. The molecule has 0 bridgehead atoms. The van der Waals surface area contributed by atoms with Crippen molar-refractivity contribution >= 4 is 5.91 Å². The molecule has 0 saturated carbocycles. The summed E-state index contributed by atoms with van der Waals surface area (Å²) in [6.45, 7) is 4.45. The highest BCUT2D eigenvalue weighted by Crippen LogP contribution is 2.19. The standard InChI is InChI=1S/C13H19N3O2/c1-2-16(10-4-3-6-14-8-10)13(18)11-5-7-15-9-12(11)17/h5,7,9-10,14,17H,2-4,6,8H2,1H3. The molecule has 1 atom stereocenters. The Morgan fingerprint density at radius 2 is 2.50 bits per heavy atom. The number of nitrogens with one attached hydrogen (secondary N) is 1. The highest BCUT2D eigenvalue weighted by molar-refractivity contribution is 5.96. The van der Waals surface area contributed by atoms with Gasteiger partial charge in [-0.2, -0.15) is 0 Å². The minimum Gasteiger partial charge on any atom is -0.505 e. The Balaban J connectivity index is 2.17. The molecule has 0 aliphatic carbocycles. The van der Waals surface area contributed by atoms with Gasteiger partial charge in [0.05, 0.1) is 11.8 Å². The van der Waals surface area contributed by atoms with Gasteiger partial charge in [0.2, 0.25) is 0 Å². The Labute approximate surface area is 107 Å². The van der Waals surface area contributed by atoms with Crippen LogP contribution in [0.1, 0.15) is 30.1 Å². The Morgan fingerprint density at radius 1 is 1.67 bits per heavy atom. The monoisotopic (exact) mass is 249 g/mol. The lowest BCUT2D eigenvalue weighted by atomic mass is 10.0. The van der Waals surface area contributed by atoms with Crippen molar-refractivity contribution in [2.24, 2.45) is 0 Å². The number of carbonyl (C=O) groups is 1. The molecule has 0 radical (unpaired) electrons. The first-order valence-electron chi connectivity index (χ1n) is 6.38. The van der Waals surface area contributed by atoms with Crippen molar-refractivity contribution in [1.82, 2.24) is 15.2 Å². The third-order valence-electron chi connectivity index (χ3n) is 3.34. The predicted octanol–water partition coefficient (Wildman–Crippen LogP) is 1.00. The number of nitrogens with zero attached hydrogens (tertiary/aromatic N) is 2. The van der Waals surface area contributed by atoms with E-state index >= 15 is 0 Å². The number of hydrogen-bond donors (Lipinski definition) is 2. The van der Waals surface area contributed by atoms with E-state index in [1.807, 2.05) is 11.8 Å². The van der Waals surface area contributed by atoms with Crippen LogP contribution >= 0.6 is 0 Å². The lowest BCUT2D eigenvalue weighted by molar-refractivity contribution is 0.0659. The summed E-state index contributed by atoms with van der Waals surface area (Å²) in [6, 6.07) is 1.78. The average Bonchev–Trinajstić information content (AvgIpc) is 2.41. The first-order chi connectivity index (χ1) is 8.74. The number of rotatable bonds is 3. The summed E-state index contributed by atoms with van der Waals surface area (Å²) in [4.78, 5) is 18.0. The SMILES string of the molecule is CCN(C(=O)c1ccncc1O)C1CCCNC1. The van der Waals surface area contributed by atoms with Gasteiger partial charge in [0.15, 0.2) is 0 Å². The topological polar surface area (TPSA) is 65.5 Å². The molecule has 2 rings (SSSR count).